The highest BCUT2D eigenvalue weighted by Crippen LogP contribution is 2.16. The summed E-state index contributed by atoms with van der Waals surface area (Å²) in [5, 5.41) is 5.95. The van der Waals surface area contributed by atoms with Crippen molar-refractivity contribution < 1.29 is 4.79 Å². The van der Waals surface area contributed by atoms with Crippen molar-refractivity contribution in [1.82, 2.24) is 10.6 Å². The van der Waals surface area contributed by atoms with Gasteiger partial charge in [0.15, 0.2) is 0 Å². The maximum absolute atomic E-state index is 10.9. The monoisotopic (exact) mass is 200 g/mol. The van der Waals surface area contributed by atoms with E-state index in [0.717, 1.165) is 19.5 Å². The highest BCUT2D eigenvalue weighted by Gasteiger charge is 2.08. The first-order chi connectivity index (χ1) is 6.45. The molecule has 84 valence electrons. The van der Waals surface area contributed by atoms with Gasteiger partial charge < -0.3 is 10.6 Å². The second kappa shape index (κ2) is 6.82. The van der Waals surface area contributed by atoms with Crippen LogP contribution in [0.5, 0.6) is 0 Å². The molecule has 1 amide bonds. The summed E-state index contributed by atoms with van der Waals surface area (Å²) < 4.78 is 0. The van der Waals surface area contributed by atoms with Gasteiger partial charge in [0.2, 0.25) is 5.91 Å². The molecule has 0 spiro atoms. The largest absolute Gasteiger partial charge is 0.359 e. The summed E-state index contributed by atoms with van der Waals surface area (Å²) in [5.74, 6) is 0.127. The minimum absolute atomic E-state index is 0.127. The lowest BCUT2D eigenvalue weighted by Crippen LogP contribution is -2.23. The molecule has 0 atom stereocenters. The Balaban J connectivity index is 3.18. The van der Waals surface area contributed by atoms with Crippen LogP contribution in [-0.4, -0.2) is 26.0 Å². The van der Waals surface area contributed by atoms with Gasteiger partial charge in [-0.1, -0.05) is 20.8 Å². The van der Waals surface area contributed by atoms with E-state index in [0.29, 0.717) is 11.8 Å². The van der Waals surface area contributed by atoms with E-state index in [2.05, 4.69) is 31.4 Å². The fourth-order valence-corrected chi connectivity index (χ4v) is 1.09. The van der Waals surface area contributed by atoms with Crippen molar-refractivity contribution in [3.05, 3.63) is 0 Å². The lowest BCUT2D eigenvalue weighted by molar-refractivity contribution is -0.120. The number of rotatable bonds is 6. The molecular formula is C11H24N2O. The summed E-state index contributed by atoms with van der Waals surface area (Å²) in [6.07, 6.45) is 2.72. The van der Waals surface area contributed by atoms with Crippen LogP contribution in [0.2, 0.25) is 0 Å². The van der Waals surface area contributed by atoms with Gasteiger partial charge in [-0.2, -0.15) is 0 Å². The van der Waals surface area contributed by atoms with Crippen LogP contribution in [0.4, 0.5) is 0 Å². The van der Waals surface area contributed by atoms with Gasteiger partial charge in [-0.25, -0.2) is 0 Å². The van der Waals surface area contributed by atoms with E-state index in [1.165, 1.54) is 6.42 Å². The number of carbonyl (C=O) groups is 1. The zero-order chi connectivity index (χ0) is 11.0. The SMILES string of the molecule is CNC(=O)CCCNCCC(C)(C)C. The van der Waals surface area contributed by atoms with Crippen molar-refractivity contribution >= 4 is 5.91 Å². The third-order valence-corrected chi connectivity index (χ3v) is 2.09. The van der Waals surface area contributed by atoms with E-state index in [9.17, 15) is 4.79 Å². The molecule has 0 aliphatic heterocycles. The molecule has 0 heterocycles. The molecule has 0 bridgehead atoms. The summed E-state index contributed by atoms with van der Waals surface area (Å²) in [4.78, 5) is 10.9. The molecule has 14 heavy (non-hydrogen) atoms. The van der Waals surface area contributed by atoms with E-state index in [1.54, 1.807) is 7.05 Å². The standard InChI is InChI=1S/C11H24N2O/c1-11(2,3)7-9-13-8-5-6-10(14)12-4/h13H,5-9H2,1-4H3,(H,12,14). The third-order valence-electron chi connectivity index (χ3n) is 2.09. The lowest BCUT2D eigenvalue weighted by atomic mass is 9.92. The first kappa shape index (κ1) is 13.4. The molecule has 0 radical (unpaired) electrons. The molecule has 2 N–H and O–H groups in total. The predicted octanol–water partition coefficient (Wildman–Crippen LogP) is 1.54. The summed E-state index contributed by atoms with van der Waals surface area (Å²) in [7, 11) is 1.68. The topological polar surface area (TPSA) is 41.1 Å². The van der Waals surface area contributed by atoms with E-state index in [1.807, 2.05) is 0 Å². The van der Waals surface area contributed by atoms with E-state index in [-0.39, 0.29) is 5.91 Å². The van der Waals surface area contributed by atoms with Crippen molar-refractivity contribution in [3.63, 3.8) is 0 Å². The van der Waals surface area contributed by atoms with Crippen molar-refractivity contribution in [3.8, 4) is 0 Å². The van der Waals surface area contributed by atoms with Crippen LogP contribution in [0.1, 0.15) is 40.0 Å². The van der Waals surface area contributed by atoms with E-state index >= 15 is 0 Å². The van der Waals surface area contributed by atoms with Crippen molar-refractivity contribution in [2.45, 2.75) is 40.0 Å². The van der Waals surface area contributed by atoms with Crippen LogP contribution < -0.4 is 10.6 Å². The summed E-state index contributed by atoms with van der Waals surface area (Å²) in [6, 6.07) is 0. The minimum Gasteiger partial charge on any atom is -0.359 e. The molecule has 0 unspecified atom stereocenters. The van der Waals surface area contributed by atoms with Gasteiger partial charge >= 0.3 is 0 Å². The number of carbonyl (C=O) groups excluding carboxylic acids is 1. The maximum atomic E-state index is 10.9. The summed E-state index contributed by atoms with van der Waals surface area (Å²) in [6.45, 7) is 8.68. The van der Waals surface area contributed by atoms with Gasteiger partial charge in [-0.05, 0) is 31.3 Å². The number of amides is 1. The van der Waals surface area contributed by atoms with Crippen LogP contribution in [0.3, 0.4) is 0 Å². The quantitative estimate of drug-likeness (QED) is 0.639. The fourth-order valence-electron chi connectivity index (χ4n) is 1.09. The maximum Gasteiger partial charge on any atom is 0.219 e. The molecule has 0 fully saturated rings. The minimum atomic E-state index is 0.127. The van der Waals surface area contributed by atoms with Gasteiger partial charge in [0.25, 0.3) is 0 Å². The lowest BCUT2D eigenvalue weighted by Gasteiger charge is -2.17. The summed E-state index contributed by atoms with van der Waals surface area (Å²) in [5.41, 5.74) is 0.397. The van der Waals surface area contributed by atoms with E-state index in [4.69, 9.17) is 0 Å². The van der Waals surface area contributed by atoms with Crippen LogP contribution in [-0.2, 0) is 4.79 Å². The Morgan fingerprint density at radius 1 is 1.21 bits per heavy atom. The Labute approximate surface area is 87.6 Å². The Morgan fingerprint density at radius 3 is 2.36 bits per heavy atom. The van der Waals surface area contributed by atoms with Crippen LogP contribution >= 0.6 is 0 Å². The van der Waals surface area contributed by atoms with E-state index < -0.39 is 0 Å². The van der Waals surface area contributed by atoms with Gasteiger partial charge in [-0.15, -0.1) is 0 Å². The highest BCUT2D eigenvalue weighted by atomic mass is 16.1. The average Bonchev–Trinajstić information content (AvgIpc) is 2.08. The predicted molar refractivity (Wildman–Crippen MR) is 60.2 cm³/mol. The van der Waals surface area contributed by atoms with Crippen LogP contribution in [0.25, 0.3) is 0 Å². The molecular weight excluding hydrogens is 176 g/mol. The third kappa shape index (κ3) is 9.52. The Bertz CT molecular complexity index is 161. The van der Waals surface area contributed by atoms with Crippen LogP contribution in [0, 0.1) is 5.41 Å². The van der Waals surface area contributed by atoms with Crippen LogP contribution in [0.15, 0.2) is 0 Å². The van der Waals surface area contributed by atoms with Gasteiger partial charge in [0, 0.05) is 13.5 Å². The first-order valence-corrected chi connectivity index (χ1v) is 5.37. The zero-order valence-electron chi connectivity index (χ0n) is 9.94. The second-order valence-corrected chi connectivity index (χ2v) is 4.84. The highest BCUT2D eigenvalue weighted by molar-refractivity contribution is 5.75. The van der Waals surface area contributed by atoms with Gasteiger partial charge in [0.05, 0.1) is 0 Å². The molecule has 3 nitrogen and oxygen atoms in total. The molecule has 0 aliphatic carbocycles. The first-order valence-electron chi connectivity index (χ1n) is 5.37. The molecule has 0 aromatic carbocycles. The summed E-state index contributed by atoms with van der Waals surface area (Å²) >= 11 is 0. The fraction of sp³-hybridized carbons (Fsp3) is 0.909. The Morgan fingerprint density at radius 2 is 1.86 bits per heavy atom. The molecule has 0 aromatic heterocycles. The second-order valence-electron chi connectivity index (χ2n) is 4.84. The molecule has 0 saturated heterocycles. The van der Waals surface area contributed by atoms with Crippen molar-refractivity contribution in [1.29, 1.82) is 0 Å². The van der Waals surface area contributed by atoms with Crippen molar-refractivity contribution in [2.24, 2.45) is 5.41 Å². The Hall–Kier alpha value is -0.570. The molecule has 0 rings (SSSR count). The number of nitrogens with one attached hydrogen (secondary N) is 2. The van der Waals surface area contributed by atoms with Gasteiger partial charge in [0.1, 0.15) is 0 Å². The molecule has 0 aliphatic rings. The Kier molecular flexibility index (Phi) is 6.54. The molecule has 0 aromatic rings. The normalized spacial score (nSPS) is 11.4. The molecule has 3 heteroatoms. The average molecular weight is 200 g/mol. The molecule has 0 saturated carbocycles. The number of hydrogen-bond donors (Lipinski definition) is 2. The van der Waals surface area contributed by atoms with Crippen molar-refractivity contribution in [2.75, 3.05) is 20.1 Å². The van der Waals surface area contributed by atoms with Gasteiger partial charge in [-0.3, -0.25) is 4.79 Å². The smallest absolute Gasteiger partial charge is 0.219 e. The zero-order valence-corrected chi connectivity index (χ0v) is 9.94. The number of hydrogen-bond acceptors (Lipinski definition) is 2.